The Kier molecular flexibility index (Phi) is 4.18. The lowest BCUT2D eigenvalue weighted by molar-refractivity contribution is 0.692. The van der Waals surface area contributed by atoms with Gasteiger partial charge in [-0.1, -0.05) is 20.3 Å². The van der Waals surface area contributed by atoms with E-state index >= 15 is 0 Å². The van der Waals surface area contributed by atoms with Crippen molar-refractivity contribution >= 4 is 11.6 Å². The van der Waals surface area contributed by atoms with Crippen LogP contribution in [0.15, 0.2) is 12.4 Å². The largest absolute Gasteiger partial charge is 0.369 e. The minimum absolute atomic E-state index is 0.616. The zero-order chi connectivity index (χ0) is 12.1. The van der Waals surface area contributed by atoms with Crippen LogP contribution in [-0.2, 0) is 0 Å². The minimum atomic E-state index is 0.616. The second-order valence-corrected chi connectivity index (χ2v) is 4.75. The Morgan fingerprint density at radius 3 is 2.82 bits per heavy atom. The molecule has 1 aliphatic carbocycles. The number of hydrogen-bond donors (Lipinski definition) is 2. The van der Waals surface area contributed by atoms with Crippen LogP contribution in [-0.4, -0.2) is 22.6 Å². The van der Waals surface area contributed by atoms with Gasteiger partial charge in [0.2, 0.25) is 0 Å². The summed E-state index contributed by atoms with van der Waals surface area (Å²) in [5.41, 5.74) is 0. The zero-order valence-corrected chi connectivity index (χ0v) is 10.7. The lowest BCUT2D eigenvalue weighted by Gasteiger charge is -2.07. The Hall–Kier alpha value is -1.32. The van der Waals surface area contributed by atoms with Crippen molar-refractivity contribution in [2.75, 3.05) is 17.2 Å². The smallest absolute Gasteiger partial charge is 0.147 e. The van der Waals surface area contributed by atoms with Crippen LogP contribution < -0.4 is 10.6 Å². The van der Waals surface area contributed by atoms with Gasteiger partial charge >= 0.3 is 0 Å². The van der Waals surface area contributed by atoms with Gasteiger partial charge in [-0.15, -0.1) is 0 Å². The molecule has 0 aromatic carbocycles. The fourth-order valence-corrected chi connectivity index (χ4v) is 2.08. The molecule has 2 rings (SSSR count). The number of nitrogens with zero attached hydrogens (tertiary/aromatic N) is 2. The van der Waals surface area contributed by atoms with Crippen molar-refractivity contribution < 1.29 is 0 Å². The van der Waals surface area contributed by atoms with E-state index in [0.717, 1.165) is 30.5 Å². The summed E-state index contributed by atoms with van der Waals surface area (Å²) in [6.07, 6.45) is 8.55. The monoisotopic (exact) mass is 234 g/mol. The number of rotatable bonds is 7. The second kappa shape index (κ2) is 5.84. The molecule has 0 aliphatic heterocycles. The first kappa shape index (κ1) is 12.1. The summed E-state index contributed by atoms with van der Waals surface area (Å²) in [6, 6.07) is 0.616. The molecule has 1 aromatic heterocycles. The maximum absolute atomic E-state index is 4.50. The van der Waals surface area contributed by atoms with E-state index in [4.69, 9.17) is 0 Å². The van der Waals surface area contributed by atoms with E-state index in [0.29, 0.717) is 6.04 Å². The van der Waals surface area contributed by atoms with Crippen molar-refractivity contribution in [3.8, 4) is 0 Å². The highest BCUT2D eigenvalue weighted by Crippen LogP contribution is 2.36. The third-order valence-electron chi connectivity index (χ3n) is 3.11. The summed E-state index contributed by atoms with van der Waals surface area (Å²) >= 11 is 0. The van der Waals surface area contributed by atoms with Gasteiger partial charge in [0.1, 0.15) is 11.6 Å². The molecule has 0 radical (unpaired) electrons. The highest BCUT2D eigenvalue weighted by molar-refractivity contribution is 5.43. The Morgan fingerprint density at radius 2 is 2.06 bits per heavy atom. The summed E-state index contributed by atoms with van der Waals surface area (Å²) in [4.78, 5) is 8.70. The van der Waals surface area contributed by atoms with E-state index in [2.05, 4.69) is 34.4 Å². The van der Waals surface area contributed by atoms with E-state index in [-0.39, 0.29) is 0 Å². The molecular formula is C13H22N4. The second-order valence-electron chi connectivity index (χ2n) is 4.75. The molecule has 0 saturated heterocycles. The lowest BCUT2D eigenvalue weighted by atomic mass is 10.2. The van der Waals surface area contributed by atoms with E-state index in [1.54, 1.807) is 12.4 Å². The quantitative estimate of drug-likeness (QED) is 0.761. The first-order chi connectivity index (χ1) is 8.33. The molecule has 2 N–H and O–H groups in total. The van der Waals surface area contributed by atoms with Crippen molar-refractivity contribution in [2.45, 2.75) is 45.6 Å². The van der Waals surface area contributed by atoms with Crippen molar-refractivity contribution in [3.63, 3.8) is 0 Å². The third kappa shape index (κ3) is 3.58. The van der Waals surface area contributed by atoms with Crippen molar-refractivity contribution in [2.24, 2.45) is 5.92 Å². The normalized spacial score (nSPS) is 22.2. The summed E-state index contributed by atoms with van der Waals surface area (Å²) in [7, 11) is 0. The maximum atomic E-state index is 4.50. The van der Waals surface area contributed by atoms with Crippen LogP contribution in [0.4, 0.5) is 11.6 Å². The maximum Gasteiger partial charge on any atom is 0.147 e. The summed E-state index contributed by atoms with van der Waals surface area (Å²) < 4.78 is 0. The van der Waals surface area contributed by atoms with Gasteiger partial charge in [0.15, 0.2) is 0 Å². The van der Waals surface area contributed by atoms with Crippen LogP contribution in [0.3, 0.4) is 0 Å². The molecule has 4 nitrogen and oxygen atoms in total. The summed E-state index contributed by atoms with van der Waals surface area (Å²) in [5, 5.41) is 6.71. The molecule has 1 aliphatic rings. The molecule has 0 bridgehead atoms. The first-order valence-corrected chi connectivity index (χ1v) is 6.66. The molecule has 4 heteroatoms. The molecule has 1 saturated carbocycles. The number of anilines is 2. The van der Waals surface area contributed by atoms with Crippen molar-refractivity contribution in [3.05, 3.63) is 12.4 Å². The van der Waals surface area contributed by atoms with Crippen LogP contribution in [0.5, 0.6) is 0 Å². The van der Waals surface area contributed by atoms with Crippen LogP contribution >= 0.6 is 0 Å². The van der Waals surface area contributed by atoms with E-state index in [1.807, 2.05) is 0 Å². The van der Waals surface area contributed by atoms with E-state index in [9.17, 15) is 0 Å². The Labute approximate surface area is 103 Å². The molecule has 0 spiro atoms. The van der Waals surface area contributed by atoms with Gasteiger partial charge in [-0.3, -0.25) is 4.98 Å². The zero-order valence-electron chi connectivity index (χ0n) is 10.7. The third-order valence-corrected chi connectivity index (χ3v) is 3.11. The molecule has 1 aromatic rings. The highest BCUT2D eigenvalue weighted by Gasteiger charge is 2.36. The van der Waals surface area contributed by atoms with Gasteiger partial charge in [-0.25, -0.2) is 4.98 Å². The van der Waals surface area contributed by atoms with Crippen LogP contribution in [0.2, 0.25) is 0 Å². The molecule has 1 heterocycles. The predicted octanol–water partition coefficient (Wildman–Crippen LogP) is 2.90. The lowest BCUT2D eigenvalue weighted by Crippen LogP contribution is -2.09. The molecule has 1 fully saturated rings. The van der Waals surface area contributed by atoms with Gasteiger partial charge in [0.05, 0.1) is 12.4 Å². The van der Waals surface area contributed by atoms with Gasteiger partial charge in [-0.05, 0) is 25.2 Å². The fraction of sp³-hybridized carbons (Fsp3) is 0.692. The van der Waals surface area contributed by atoms with Crippen LogP contribution in [0.25, 0.3) is 0 Å². The molecular weight excluding hydrogens is 212 g/mol. The standard InChI is InChI=1S/C13H22N4/c1-3-5-10-7-11(10)16-13-9-14-8-12(17-13)15-6-4-2/h8-11H,3-7H2,1-2H3,(H2,15,16,17). The van der Waals surface area contributed by atoms with E-state index in [1.165, 1.54) is 19.3 Å². The summed E-state index contributed by atoms with van der Waals surface area (Å²) in [6.45, 7) is 5.33. The molecule has 2 atom stereocenters. The highest BCUT2D eigenvalue weighted by atomic mass is 15.1. The minimum Gasteiger partial charge on any atom is -0.369 e. The number of aromatic nitrogens is 2. The van der Waals surface area contributed by atoms with Crippen LogP contribution in [0.1, 0.15) is 39.5 Å². The van der Waals surface area contributed by atoms with Crippen molar-refractivity contribution in [1.82, 2.24) is 9.97 Å². The van der Waals surface area contributed by atoms with Gasteiger partial charge in [0.25, 0.3) is 0 Å². The molecule has 0 amide bonds. The molecule has 94 valence electrons. The fourth-order valence-electron chi connectivity index (χ4n) is 2.08. The molecule has 2 unspecified atom stereocenters. The average Bonchev–Trinajstić information content (AvgIpc) is 3.06. The average molecular weight is 234 g/mol. The number of hydrogen-bond acceptors (Lipinski definition) is 4. The summed E-state index contributed by atoms with van der Waals surface area (Å²) in [5.74, 6) is 2.60. The topological polar surface area (TPSA) is 49.8 Å². The Balaban J connectivity index is 1.84. The number of nitrogens with one attached hydrogen (secondary N) is 2. The SMILES string of the molecule is CCCNc1cncc(NC2CC2CCC)n1. The van der Waals surface area contributed by atoms with Crippen LogP contribution in [0, 0.1) is 5.92 Å². The Bertz CT molecular complexity index is 353. The predicted molar refractivity (Wildman–Crippen MR) is 71.2 cm³/mol. The van der Waals surface area contributed by atoms with Gasteiger partial charge < -0.3 is 10.6 Å². The Morgan fingerprint density at radius 1 is 1.24 bits per heavy atom. The van der Waals surface area contributed by atoms with E-state index < -0.39 is 0 Å². The molecule has 17 heavy (non-hydrogen) atoms. The first-order valence-electron chi connectivity index (χ1n) is 6.66. The van der Waals surface area contributed by atoms with Gasteiger partial charge in [0, 0.05) is 12.6 Å². The van der Waals surface area contributed by atoms with Crippen molar-refractivity contribution in [1.29, 1.82) is 0 Å². The van der Waals surface area contributed by atoms with Gasteiger partial charge in [-0.2, -0.15) is 0 Å².